The average molecular weight is 289 g/mol. The summed E-state index contributed by atoms with van der Waals surface area (Å²) in [5.74, 6) is -0.853. The van der Waals surface area contributed by atoms with Crippen molar-refractivity contribution in [2.75, 3.05) is 0 Å². The number of rotatable bonds is 4. The Labute approximate surface area is 125 Å². The molecule has 5 N–H and O–H groups in total. The van der Waals surface area contributed by atoms with Crippen LogP contribution >= 0.6 is 0 Å². The zero-order valence-electron chi connectivity index (χ0n) is 12.3. The summed E-state index contributed by atoms with van der Waals surface area (Å²) in [5.41, 5.74) is 10.9. The van der Waals surface area contributed by atoms with Crippen molar-refractivity contribution in [3.8, 4) is 0 Å². The van der Waals surface area contributed by atoms with E-state index in [-0.39, 0.29) is 17.9 Å². The van der Waals surface area contributed by atoms with Gasteiger partial charge in [-0.15, -0.1) is 0 Å². The second kappa shape index (κ2) is 6.26. The summed E-state index contributed by atoms with van der Waals surface area (Å²) in [7, 11) is 0. The molecule has 3 atom stereocenters. The molecular weight excluding hydrogens is 266 g/mol. The molecule has 1 aliphatic rings. The number of nitrogens with one attached hydrogen (secondary N) is 1. The van der Waals surface area contributed by atoms with Gasteiger partial charge in [0.05, 0.1) is 0 Å². The van der Waals surface area contributed by atoms with Crippen molar-refractivity contribution in [1.82, 2.24) is 5.32 Å². The van der Waals surface area contributed by atoms with Gasteiger partial charge >= 0.3 is 0 Å². The molecule has 0 radical (unpaired) electrons. The van der Waals surface area contributed by atoms with Crippen LogP contribution in [0.4, 0.5) is 0 Å². The molecule has 0 aliphatic heterocycles. The van der Waals surface area contributed by atoms with Gasteiger partial charge in [0.2, 0.25) is 11.8 Å². The maximum Gasteiger partial charge on any atom is 0.247 e. The molecule has 2 amide bonds. The number of carbonyl (C=O) groups excluding carboxylic acids is 2. The first-order valence-corrected chi connectivity index (χ1v) is 7.36. The lowest BCUT2D eigenvalue weighted by molar-refractivity contribution is -0.134. The van der Waals surface area contributed by atoms with Gasteiger partial charge in [0.15, 0.2) is 0 Å². The molecule has 5 heteroatoms. The summed E-state index contributed by atoms with van der Waals surface area (Å²) in [6.07, 6.45) is 3.37. The van der Waals surface area contributed by atoms with Gasteiger partial charge in [0, 0.05) is 12.0 Å². The molecule has 3 unspecified atom stereocenters. The van der Waals surface area contributed by atoms with Crippen molar-refractivity contribution in [2.24, 2.45) is 17.4 Å². The van der Waals surface area contributed by atoms with Crippen LogP contribution in [0.15, 0.2) is 30.3 Å². The van der Waals surface area contributed by atoms with Crippen LogP contribution in [0.25, 0.3) is 0 Å². The maximum absolute atomic E-state index is 12.5. The monoisotopic (exact) mass is 289 g/mol. The summed E-state index contributed by atoms with van der Waals surface area (Å²) in [6, 6.07) is 9.13. The highest BCUT2D eigenvalue weighted by Gasteiger charge is 2.37. The molecule has 21 heavy (non-hydrogen) atoms. The van der Waals surface area contributed by atoms with Crippen LogP contribution in [0, 0.1) is 5.92 Å². The Balaban J connectivity index is 2.17. The summed E-state index contributed by atoms with van der Waals surface area (Å²) >= 11 is 0. The van der Waals surface area contributed by atoms with Crippen LogP contribution in [0.3, 0.4) is 0 Å². The molecule has 5 nitrogen and oxygen atoms in total. The number of amides is 2. The van der Waals surface area contributed by atoms with Crippen molar-refractivity contribution >= 4 is 11.8 Å². The maximum atomic E-state index is 12.5. The van der Waals surface area contributed by atoms with Gasteiger partial charge in [-0.1, -0.05) is 36.8 Å². The molecule has 1 fully saturated rings. The van der Waals surface area contributed by atoms with Gasteiger partial charge in [-0.3, -0.25) is 9.59 Å². The van der Waals surface area contributed by atoms with Crippen LogP contribution in [-0.2, 0) is 15.1 Å². The van der Waals surface area contributed by atoms with Crippen LogP contribution in [-0.4, -0.2) is 17.9 Å². The van der Waals surface area contributed by atoms with E-state index in [4.69, 9.17) is 11.5 Å². The van der Waals surface area contributed by atoms with Crippen LogP contribution in [0.5, 0.6) is 0 Å². The van der Waals surface area contributed by atoms with E-state index in [9.17, 15) is 9.59 Å². The number of hydrogen-bond donors (Lipinski definition) is 3. The Morgan fingerprint density at radius 2 is 1.90 bits per heavy atom. The second-order valence-corrected chi connectivity index (χ2v) is 5.97. The van der Waals surface area contributed by atoms with E-state index < -0.39 is 11.4 Å². The van der Waals surface area contributed by atoms with Crippen molar-refractivity contribution in [3.63, 3.8) is 0 Å². The summed E-state index contributed by atoms with van der Waals surface area (Å²) < 4.78 is 0. The van der Waals surface area contributed by atoms with Gasteiger partial charge in [-0.05, 0) is 31.7 Å². The van der Waals surface area contributed by atoms with Crippen LogP contribution in [0.1, 0.15) is 38.2 Å². The Bertz CT molecular complexity index is 518. The van der Waals surface area contributed by atoms with E-state index in [1.54, 1.807) is 19.1 Å². The third kappa shape index (κ3) is 3.42. The largest absolute Gasteiger partial charge is 0.367 e. The van der Waals surface area contributed by atoms with Gasteiger partial charge < -0.3 is 16.8 Å². The van der Waals surface area contributed by atoms with E-state index in [0.29, 0.717) is 12.0 Å². The van der Waals surface area contributed by atoms with E-state index in [0.717, 1.165) is 19.3 Å². The lowest BCUT2D eigenvalue weighted by atomic mass is 9.84. The van der Waals surface area contributed by atoms with Crippen LogP contribution in [0.2, 0.25) is 0 Å². The lowest BCUT2D eigenvalue weighted by Gasteiger charge is -2.32. The number of benzene rings is 1. The van der Waals surface area contributed by atoms with Crippen molar-refractivity contribution in [2.45, 2.75) is 44.2 Å². The summed E-state index contributed by atoms with van der Waals surface area (Å²) in [4.78, 5) is 24.3. The Morgan fingerprint density at radius 1 is 1.24 bits per heavy atom. The van der Waals surface area contributed by atoms with Crippen molar-refractivity contribution in [1.29, 1.82) is 0 Å². The second-order valence-electron chi connectivity index (χ2n) is 5.97. The standard InChI is InChI=1S/C16H23N3O2/c1-16(15(18)21,12-7-3-2-4-8-12)19-14(20)11-6-5-9-13(17)10-11/h2-4,7-8,11,13H,5-6,9-10,17H2,1H3,(H2,18,21)(H,19,20). The third-order valence-corrected chi connectivity index (χ3v) is 4.30. The van der Waals surface area contributed by atoms with Crippen LogP contribution < -0.4 is 16.8 Å². The van der Waals surface area contributed by atoms with E-state index >= 15 is 0 Å². The average Bonchev–Trinajstić information content (AvgIpc) is 2.47. The smallest absolute Gasteiger partial charge is 0.247 e. The van der Waals surface area contributed by atoms with Gasteiger partial charge in [0.1, 0.15) is 5.54 Å². The molecule has 1 aliphatic carbocycles. The van der Waals surface area contributed by atoms with Gasteiger partial charge in [-0.2, -0.15) is 0 Å². The molecule has 114 valence electrons. The fraction of sp³-hybridized carbons (Fsp3) is 0.500. The SMILES string of the molecule is CC(NC(=O)C1CCCC(N)C1)(C(N)=O)c1ccccc1. The minimum absolute atomic E-state index is 0.0612. The first-order chi connectivity index (χ1) is 9.93. The van der Waals surface area contributed by atoms with E-state index in [1.807, 2.05) is 18.2 Å². The van der Waals surface area contributed by atoms with Crippen molar-refractivity contribution < 1.29 is 9.59 Å². The highest BCUT2D eigenvalue weighted by atomic mass is 16.2. The zero-order valence-corrected chi connectivity index (χ0v) is 12.3. The van der Waals surface area contributed by atoms with E-state index in [2.05, 4.69) is 5.32 Å². The van der Waals surface area contributed by atoms with Crippen molar-refractivity contribution in [3.05, 3.63) is 35.9 Å². The quantitative estimate of drug-likeness (QED) is 0.771. The Morgan fingerprint density at radius 3 is 2.48 bits per heavy atom. The van der Waals surface area contributed by atoms with Gasteiger partial charge in [-0.25, -0.2) is 0 Å². The highest BCUT2D eigenvalue weighted by molar-refractivity contribution is 5.91. The molecule has 1 saturated carbocycles. The Hall–Kier alpha value is -1.88. The predicted octanol–water partition coefficient (Wildman–Crippen LogP) is 1.02. The molecular formula is C16H23N3O2. The molecule has 0 saturated heterocycles. The number of carbonyl (C=O) groups is 2. The topological polar surface area (TPSA) is 98.2 Å². The first-order valence-electron chi connectivity index (χ1n) is 7.36. The normalized spacial score (nSPS) is 24.9. The molecule has 0 spiro atoms. The Kier molecular flexibility index (Phi) is 4.63. The zero-order chi connectivity index (χ0) is 15.5. The summed E-state index contributed by atoms with van der Waals surface area (Å²) in [5, 5.41) is 2.83. The number of nitrogens with two attached hydrogens (primary N) is 2. The molecule has 1 aromatic rings. The fourth-order valence-electron chi connectivity index (χ4n) is 2.86. The summed E-state index contributed by atoms with van der Waals surface area (Å²) in [6.45, 7) is 1.64. The molecule has 1 aromatic carbocycles. The number of hydrogen-bond acceptors (Lipinski definition) is 3. The number of primary amides is 1. The molecule has 0 bridgehead atoms. The predicted molar refractivity (Wildman–Crippen MR) is 81.1 cm³/mol. The lowest BCUT2D eigenvalue weighted by Crippen LogP contribution is -2.54. The van der Waals surface area contributed by atoms with Gasteiger partial charge in [0.25, 0.3) is 0 Å². The third-order valence-electron chi connectivity index (χ3n) is 4.30. The molecule has 2 rings (SSSR count). The minimum atomic E-state index is -1.19. The molecule has 0 aromatic heterocycles. The first kappa shape index (κ1) is 15.5. The van der Waals surface area contributed by atoms with E-state index in [1.165, 1.54) is 0 Å². The molecule has 0 heterocycles. The minimum Gasteiger partial charge on any atom is -0.367 e. The highest BCUT2D eigenvalue weighted by Crippen LogP contribution is 2.26. The fourth-order valence-corrected chi connectivity index (χ4v) is 2.86.